The van der Waals surface area contributed by atoms with Gasteiger partial charge in [0.05, 0.1) is 18.9 Å². The molecule has 1 aromatic carbocycles. The number of ether oxygens (including phenoxy) is 2. The number of aliphatic hydroxyl groups is 1. The topological polar surface area (TPSA) is 174 Å². The molecule has 2 heterocycles. The Bertz CT molecular complexity index is 1300. The highest BCUT2D eigenvalue weighted by Gasteiger charge is 2.59. The van der Waals surface area contributed by atoms with Crippen LogP contribution in [0.1, 0.15) is 33.9 Å². The molecular weight excluding hydrogens is 526 g/mol. The van der Waals surface area contributed by atoms with Gasteiger partial charge < -0.3 is 24.8 Å². The van der Waals surface area contributed by atoms with E-state index >= 15 is 4.39 Å². The number of para-hydroxylation sites is 1. The summed E-state index contributed by atoms with van der Waals surface area (Å²) in [6, 6.07) is 7.79. The molecule has 1 unspecified atom stereocenters. The lowest BCUT2D eigenvalue weighted by Gasteiger charge is -2.24. The number of carbonyl (C=O) groups is 1. The summed E-state index contributed by atoms with van der Waals surface area (Å²) < 4.78 is 56.7. The van der Waals surface area contributed by atoms with Crippen molar-refractivity contribution in [3.05, 3.63) is 47.0 Å². The van der Waals surface area contributed by atoms with Crippen molar-refractivity contribution >= 4 is 19.6 Å². The van der Waals surface area contributed by atoms with Crippen molar-refractivity contribution in [2.24, 2.45) is 0 Å². The fourth-order valence-electron chi connectivity index (χ4n) is 3.39. The monoisotopic (exact) mass is 554 g/mol. The third-order valence-corrected chi connectivity index (χ3v) is 6.52. The van der Waals surface area contributed by atoms with Crippen molar-refractivity contribution in [2.75, 3.05) is 12.3 Å². The molecule has 3 N–H and O–H groups in total. The van der Waals surface area contributed by atoms with Crippen molar-refractivity contribution in [2.45, 2.75) is 64.0 Å². The van der Waals surface area contributed by atoms with E-state index in [4.69, 9.17) is 28.8 Å². The lowest BCUT2D eigenvalue weighted by Crippen LogP contribution is -2.45. The summed E-state index contributed by atoms with van der Waals surface area (Å²) in [5.41, 5.74) is 1.55. The Morgan fingerprint density at radius 3 is 2.63 bits per heavy atom. The average Bonchev–Trinajstić information content (AvgIpc) is 3.08. The first-order valence-electron chi connectivity index (χ1n) is 11.4. The number of esters is 1. The van der Waals surface area contributed by atoms with Crippen LogP contribution in [-0.4, -0.2) is 62.5 Å². The van der Waals surface area contributed by atoms with E-state index in [0.29, 0.717) is 4.68 Å². The third kappa shape index (κ3) is 6.75. The van der Waals surface area contributed by atoms with Crippen LogP contribution in [0, 0.1) is 11.8 Å². The van der Waals surface area contributed by atoms with E-state index < -0.39 is 62.4 Å². The Labute approximate surface area is 217 Å². The number of alkyl halides is 1. The molecule has 0 spiro atoms. The summed E-state index contributed by atoms with van der Waals surface area (Å²) in [5.74, 6) is 3.57. The van der Waals surface area contributed by atoms with Gasteiger partial charge in [-0.15, -0.1) is 5.92 Å². The Morgan fingerprint density at radius 1 is 1.34 bits per heavy atom. The van der Waals surface area contributed by atoms with E-state index in [1.54, 1.807) is 32.0 Å². The second-order valence-corrected chi connectivity index (χ2v) is 9.95. The molecule has 0 amide bonds. The molecule has 15 heteroatoms. The summed E-state index contributed by atoms with van der Waals surface area (Å²) in [4.78, 5) is 28.0. The van der Waals surface area contributed by atoms with Gasteiger partial charge in [-0.3, -0.25) is 9.05 Å². The van der Waals surface area contributed by atoms with E-state index in [-0.39, 0.29) is 11.6 Å². The summed E-state index contributed by atoms with van der Waals surface area (Å²) >= 11 is 0. The number of hydrogen-bond acceptors (Lipinski definition) is 12. The Kier molecular flexibility index (Phi) is 9.24. The number of rotatable bonds is 10. The SMILES string of the molecule is CC#CC1(F)[C@@H](O)[C@@H](CO[P@](=O)(Oc2ccccc2)O[C@@H](C)C(=O)OC(C)C)O[C@H]1n1ncc(N)nc1=O. The molecule has 0 bridgehead atoms. The van der Waals surface area contributed by atoms with Gasteiger partial charge in [-0.05, 0) is 39.8 Å². The van der Waals surface area contributed by atoms with Crippen molar-refractivity contribution in [1.82, 2.24) is 14.8 Å². The number of halogens is 1. The minimum atomic E-state index is -4.60. The second kappa shape index (κ2) is 12.0. The van der Waals surface area contributed by atoms with E-state index in [1.165, 1.54) is 26.0 Å². The molecular formula is C23H28FN4O9P. The fourth-order valence-corrected chi connectivity index (χ4v) is 4.73. The lowest BCUT2D eigenvalue weighted by atomic mass is 9.97. The first-order valence-corrected chi connectivity index (χ1v) is 12.9. The van der Waals surface area contributed by atoms with Crippen molar-refractivity contribution in [3.8, 4) is 17.6 Å². The second-order valence-electron chi connectivity index (χ2n) is 8.40. The minimum Gasteiger partial charge on any atom is -0.461 e. The predicted octanol–water partition coefficient (Wildman–Crippen LogP) is 1.77. The molecule has 0 saturated carbocycles. The zero-order valence-electron chi connectivity index (χ0n) is 21.0. The van der Waals surface area contributed by atoms with Crippen LogP contribution in [0.2, 0.25) is 0 Å². The van der Waals surface area contributed by atoms with Crippen molar-refractivity contribution in [1.29, 1.82) is 0 Å². The van der Waals surface area contributed by atoms with Crippen molar-refractivity contribution in [3.63, 3.8) is 0 Å². The number of aliphatic hydroxyl groups excluding tert-OH is 1. The summed E-state index contributed by atoms with van der Waals surface area (Å²) in [6.07, 6.45) is -6.25. The first-order chi connectivity index (χ1) is 17.9. The van der Waals surface area contributed by atoms with Gasteiger partial charge in [0.2, 0.25) is 11.9 Å². The average molecular weight is 554 g/mol. The minimum absolute atomic E-state index is 0.0754. The molecule has 206 valence electrons. The highest BCUT2D eigenvalue weighted by atomic mass is 31.2. The molecule has 6 atom stereocenters. The largest absolute Gasteiger partial charge is 0.530 e. The Balaban J connectivity index is 1.86. The number of phosphoric ester groups is 1. The fraction of sp³-hybridized carbons (Fsp3) is 0.478. The number of aromatic nitrogens is 3. The van der Waals surface area contributed by atoms with Crippen LogP contribution in [0.5, 0.6) is 5.75 Å². The molecule has 1 fully saturated rings. The van der Waals surface area contributed by atoms with Gasteiger partial charge in [0.25, 0.3) is 0 Å². The maximum atomic E-state index is 15.9. The predicted molar refractivity (Wildman–Crippen MR) is 130 cm³/mol. The van der Waals surface area contributed by atoms with Gasteiger partial charge in [-0.25, -0.2) is 18.5 Å². The van der Waals surface area contributed by atoms with Crippen LogP contribution in [0.3, 0.4) is 0 Å². The van der Waals surface area contributed by atoms with E-state index in [2.05, 4.69) is 21.9 Å². The van der Waals surface area contributed by atoms with Gasteiger partial charge in [0.1, 0.15) is 23.8 Å². The van der Waals surface area contributed by atoms with Gasteiger partial charge in [0.15, 0.2) is 6.10 Å². The van der Waals surface area contributed by atoms with Gasteiger partial charge in [0, 0.05) is 0 Å². The molecule has 3 rings (SSSR count). The zero-order chi connectivity index (χ0) is 28.1. The number of benzene rings is 1. The van der Waals surface area contributed by atoms with Crippen LogP contribution >= 0.6 is 7.82 Å². The molecule has 13 nitrogen and oxygen atoms in total. The van der Waals surface area contributed by atoms with Crippen LogP contribution in [0.15, 0.2) is 41.3 Å². The standard InChI is InChI=1S/C23H28FN4O9P/c1-5-11-23(24)19(29)17(35-21(23)28-22(31)27-18(25)12-26-28)13-33-38(32,37-16-9-7-6-8-10-16)36-15(4)20(30)34-14(2)3/h6-10,12,14-15,17,19,21,29H,13H2,1-4H3,(H2,25,27,31)/t15-,17+,19-,21+,23?,38-/m0/s1. The smallest absolute Gasteiger partial charge is 0.461 e. The first kappa shape index (κ1) is 29.2. The van der Waals surface area contributed by atoms with Crippen LogP contribution in [-0.2, 0) is 27.9 Å². The van der Waals surface area contributed by atoms with E-state index in [1.807, 2.05) is 0 Å². The number of carbonyl (C=O) groups excluding carboxylic acids is 1. The maximum absolute atomic E-state index is 15.9. The Hall–Kier alpha value is -3.34. The number of nitrogen functional groups attached to an aromatic ring is 1. The van der Waals surface area contributed by atoms with Gasteiger partial charge in [-0.1, -0.05) is 24.1 Å². The number of phosphoric acid groups is 1. The van der Waals surface area contributed by atoms with Crippen LogP contribution in [0.25, 0.3) is 0 Å². The van der Waals surface area contributed by atoms with Gasteiger partial charge >= 0.3 is 19.5 Å². The van der Waals surface area contributed by atoms with E-state index in [0.717, 1.165) is 6.20 Å². The number of nitrogens with zero attached hydrogens (tertiary/aromatic N) is 3. The zero-order valence-corrected chi connectivity index (χ0v) is 21.9. The quantitative estimate of drug-likeness (QED) is 0.248. The molecule has 38 heavy (non-hydrogen) atoms. The summed E-state index contributed by atoms with van der Waals surface area (Å²) in [6.45, 7) is 5.08. The highest BCUT2D eigenvalue weighted by molar-refractivity contribution is 7.49. The molecule has 1 aliphatic heterocycles. The molecule has 1 aromatic heterocycles. The highest BCUT2D eigenvalue weighted by Crippen LogP contribution is 2.52. The van der Waals surface area contributed by atoms with Crippen molar-refractivity contribution < 1.29 is 41.9 Å². The van der Waals surface area contributed by atoms with Crippen LogP contribution < -0.4 is 15.9 Å². The lowest BCUT2D eigenvalue weighted by molar-refractivity contribution is -0.156. The molecule has 1 saturated heterocycles. The van der Waals surface area contributed by atoms with E-state index in [9.17, 15) is 19.3 Å². The van der Waals surface area contributed by atoms with Gasteiger partial charge in [-0.2, -0.15) is 14.8 Å². The number of anilines is 1. The molecule has 0 aliphatic carbocycles. The number of nitrogens with two attached hydrogens (primary N) is 1. The third-order valence-electron chi connectivity index (χ3n) is 5.05. The maximum Gasteiger partial charge on any atom is 0.530 e. The normalized spacial score (nSPS) is 25.2. The Morgan fingerprint density at radius 2 is 2.03 bits per heavy atom. The molecule has 0 radical (unpaired) electrons. The summed E-state index contributed by atoms with van der Waals surface area (Å²) in [7, 11) is -4.60. The molecule has 2 aromatic rings. The number of hydrogen-bond donors (Lipinski definition) is 2. The molecule has 1 aliphatic rings. The summed E-state index contributed by atoms with van der Waals surface area (Å²) in [5, 5.41) is 14.5. The van der Waals surface area contributed by atoms with Crippen LogP contribution in [0.4, 0.5) is 10.2 Å².